The number of unbranched alkanes of at least 4 members (excludes halogenated alkanes) is 6. The number of allylic oxidation sites excluding steroid dienone is 2. The van der Waals surface area contributed by atoms with E-state index in [1.54, 1.807) is 18.5 Å². The minimum Gasteiger partial charge on any atom is -0.493 e. The molecular weight excluding hydrogens is 543 g/mol. The van der Waals surface area contributed by atoms with E-state index >= 15 is 0 Å². The Bertz CT molecular complexity index is 1050. The average molecular weight is 602 g/mol. The third-order valence-electron chi connectivity index (χ3n) is 7.49. The summed E-state index contributed by atoms with van der Waals surface area (Å²) in [5.41, 5.74) is 21.6. The molecule has 3 rings (SSSR count). The van der Waals surface area contributed by atoms with E-state index in [9.17, 15) is 5.53 Å². The van der Waals surface area contributed by atoms with Crippen LogP contribution in [0.4, 0.5) is 0 Å². The Kier molecular flexibility index (Phi) is 22.4. The molecule has 2 aromatic carbocycles. The summed E-state index contributed by atoms with van der Waals surface area (Å²) in [4.78, 5) is 0. The van der Waals surface area contributed by atoms with Gasteiger partial charge < -0.3 is 19.4 Å². The van der Waals surface area contributed by atoms with Crippen molar-refractivity contribution in [3.05, 3.63) is 101 Å². The fraction of sp³-hybridized carbons (Fsp3) is 0.526. The van der Waals surface area contributed by atoms with E-state index in [4.69, 9.17) is 0 Å². The summed E-state index contributed by atoms with van der Waals surface area (Å²) in [6.07, 6.45) is 16.3. The summed E-state index contributed by atoms with van der Waals surface area (Å²) in [6, 6.07) is 17.9. The Labute approximate surface area is 264 Å². The smallest absolute Gasteiger partial charge is 0.493 e. The average Bonchev–Trinajstić information content (AvgIpc) is 3.28. The van der Waals surface area contributed by atoms with Gasteiger partial charge in [-0.2, -0.15) is 13.8 Å². The number of hydrogen-bond donors (Lipinski definition) is 0. The predicted molar refractivity (Wildman–Crippen MR) is 178 cm³/mol. The van der Waals surface area contributed by atoms with Crippen molar-refractivity contribution in [1.82, 2.24) is 0 Å². The zero-order chi connectivity index (χ0) is 29.8. The summed E-state index contributed by atoms with van der Waals surface area (Å²) >= 11 is 0. The third-order valence-corrected chi connectivity index (χ3v) is 7.49. The maximum atomic E-state index is 11.8. The van der Waals surface area contributed by atoms with E-state index in [-0.39, 0.29) is 16.5 Å². The van der Waals surface area contributed by atoms with E-state index in [0.29, 0.717) is 0 Å². The van der Waals surface area contributed by atoms with Gasteiger partial charge >= 0.3 is 16.5 Å². The van der Waals surface area contributed by atoms with Crippen molar-refractivity contribution in [2.24, 2.45) is 0 Å². The fourth-order valence-corrected chi connectivity index (χ4v) is 5.33. The Morgan fingerprint density at radius 2 is 1.02 bits per heavy atom. The summed E-state index contributed by atoms with van der Waals surface area (Å²) in [5, 5.41) is 0. The van der Waals surface area contributed by atoms with E-state index in [0.717, 1.165) is 61.0 Å². The topological polar surface area (TPSA) is 25.3 Å². The Balaban J connectivity index is 0.00000306. The maximum Gasteiger partial charge on any atom is 2.00 e. The molecule has 0 bridgehead atoms. The molecule has 41 heavy (non-hydrogen) atoms. The van der Waals surface area contributed by atoms with Crippen LogP contribution in [0.25, 0.3) is 16.9 Å². The molecule has 1 aliphatic heterocycles. The fourth-order valence-electron chi connectivity index (χ4n) is 5.33. The molecule has 0 radical (unpaired) electrons. The molecule has 0 fully saturated rings. The zero-order valence-electron chi connectivity index (χ0n) is 27.1. The number of rotatable bonds is 16. The van der Waals surface area contributed by atoms with Crippen LogP contribution >= 0.6 is 0 Å². The number of aryl methyl sites for hydroxylation is 2. The first-order valence-electron chi connectivity index (χ1n) is 16.2. The van der Waals surface area contributed by atoms with E-state index in [1.807, 2.05) is 0 Å². The molecule has 2 nitrogen and oxygen atoms in total. The van der Waals surface area contributed by atoms with Crippen LogP contribution in [0.1, 0.15) is 141 Å². The van der Waals surface area contributed by atoms with Crippen LogP contribution in [0.3, 0.4) is 0 Å². The number of nitrogens with zero attached hydrogens (tertiary/aromatic N) is 2. The molecule has 0 saturated heterocycles. The summed E-state index contributed by atoms with van der Waals surface area (Å²) in [5.74, 6) is 0. The van der Waals surface area contributed by atoms with Crippen molar-refractivity contribution in [3.63, 3.8) is 0 Å². The van der Waals surface area contributed by atoms with Gasteiger partial charge in [0.1, 0.15) is 0 Å². The van der Waals surface area contributed by atoms with Gasteiger partial charge in [-0.25, -0.2) is 4.70 Å². The SMILES string of the molecule is CCCCCCC1=C(c2ccc(CCCC)cc2)[N+](=[N-])C(c2cccc(CCCC)c2)=C1CCCC.[CH2-]C.[CH2-]C.[Ni+2]. The number of benzene rings is 2. The zero-order valence-corrected chi connectivity index (χ0v) is 28.1. The van der Waals surface area contributed by atoms with Gasteiger partial charge in [0.2, 0.25) is 11.4 Å². The van der Waals surface area contributed by atoms with Gasteiger partial charge in [-0.3, -0.25) is 0 Å². The van der Waals surface area contributed by atoms with Crippen LogP contribution in [0.5, 0.6) is 0 Å². The summed E-state index contributed by atoms with van der Waals surface area (Å²) in [7, 11) is 0. The Morgan fingerprint density at radius 1 is 0.537 bits per heavy atom. The molecule has 0 aromatic heterocycles. The third kappa shape index (κ3) is 12.0. The molecular formula is C38H58N2Ni. The second-order valence-electron chi connectivity index (χ2n) is 10.5. The Hall–Kier alpha value is -1.99. The minimum atomic E-state index is 0. The van der Waals surface area contributed by atoms with E-state index < -0.39 is 0 Å². The van der Waals surface area contributed by atoms with Crippen LogP contribution in [0.2, 0.25) is 0 Å². The second kappa shape index (κ2) is 23.6. The van der Waals surface area contributed by atoms with Gasteiger partial charge in [-0.05, 0) is 86.8 Å². The predicted octanol–water partition coefficient (Wildman–Crippen LogP) is 12.4. The van der Waals surface area contributed by atoms with Gasteiger partial charge in [0.25, 0.3) is 0 Å². The first-order chi connectivity index (χ1) is 19.6. The molecule has 0 saturated carbocycles. The Morgan fingerprint density at radius 3 is 1.59 bits per heavy atom. The summed E-state index contributed by atoms with van der Waals surface area (Å²) in [6.45, 7) is 19.0. The molecule has 1 heterocycles. The van der Waals surface area contributed by atoms with Gasteiger partial charge in [-0.15, -0.1) is 0 Å². The summed E-state index contributed by atoms with van der Waals surface area (Å²) < 4.78 is 1.54. The van der Waals surface area contributed by atoms with Gasteiger partial charge in [0, 0.05) is 22.3 Å². The van der Waals surface area contributed by atoms with E-state index in [1.165, 1.54) is 73.6 Å². The molecule has 230 valence electrons. The van der Waals surface area contributed by atoms with Crippen molar-refractivity contribution in [1.29, 1.82) is 0 Å². The largest absolute Gasteiger partial charge is 2.00 e. The normalized spacial score (nSPS) is 12.4. The first kappa shape index (κ1) is 39.0. The standard InChI is InChI=1S/C34H48N2.2C2H5.Ni/c1-5-9-13-14-21-32-31(20-12-8-4)34(30-19-15-18-28(26-30)17-11-7-3)36(35)33(32)29-24-22-27(23-25-29)16-10-6-2;2*1-2;/h15,18-19,22-26H,5-14,16-17,20-21H2,1-4H3;2*1H2,2H3;/q;2*-1;+2. The van der Waals surface area contributed by atoms with Gasteiger partial charge in [-0.1, -0.05) is 90.5 Å². The molecule has 2 aromatic rings. The van der Waals surface area contributed by atoms with E-state index in [2.05, 4.69) is 90.1 Å². The molecule has 1 aliphatic rings. The first-order valence-corrected chi connectivity index (χ1v) is 16.2. The molecule has 0 amide bonds. The second-order valence-corrected chi connectivity index (χ2v) is 10.5. The molecule has 0 aliphatic carbocycles. The van der Waals surface area contributed by atoms with Crippen LogP contribution in [-0.4, -0.2) is 4.70 Å². The molecule has 0 atom stereocenters. The van der Waals surface area contributed by atoms with Crippen molar-refractivity contribution in [2.45, 2.75) is 131 Å². The quantitative estimate of drug-likeness (QED) is 0.0792. The van der Waals surface area contributed by atoms with Crippen molar-refractivity contribution < 1.29 is 21.2 Å². The minimum absolute atomic E-state index is 0. The number of hydrogen-bond acceptors (Lipinski definition) is 0. The monoisotopic (exact) mass is 600 g/mol. The molecule has 3 heteroatoms. The van der Waals surface area contributed by atoms with Crippen molar-refractivity contribution >= 4 is 11.4 Å². The maximum absolute atomic E-state index is 11.8. The van der Waals surface area contributed by atoms with Gasteiger partial charge in [0.15, 0.2) is 0 Å². The van der Waals surface area contributed by atoms with Crippen molar-refractivity contribution in [3.8, 4) is 0 Å². The van der Waals surface area contributed by atoms with Crippen LogP contribution in [0.15, 0.2) is 59.7 Å². The van der Waals surface area contributed by atoms with Crippen LogP contribution in [-0.2, 0) is 29.3 Å². The molecule has 0 spiro atoms. The van der Waals surface area contributed by atoms with Crippen LogP contribution in [0, 0.1) is 13.8 Å². The van der Waals surface area contributed by atoms with Crippen LogP contribution < -0.4 is 0 Å². The van der Waals surface area contributed by atoms with Crippen molar-refractivity contribution in [2.75, 3.05) is 0 Å². The molecule has 0 N–H and O–H groups in total. The van der Waals surface area contributed by atoms with Gasteiger partial charge in [0.05, 0.1) is 0 Å². The molecule has 0 unspecified atom stereocenters.